The van der Waals surface area contributed by atoms with Crippen LogP contribution in [0.4, 0.5) is 0 Å². The summed E-state index contributed by atoms with van der Waals surface area (Å²) in [6, 6.07) is 0. The third-order valence-corrected chi connectivity index (χ3v) is 2.53. The minimum Gasteiger partial charge on any atom is -0.377 e. The van der Waals surface area contributed by atoms with E-state index in [0.29, 0.717) is 0 Å². The van der Waals surface area contributed by atoms with Crippen molar-refractivity contribution in [3.05, 3.63) is 22.3 Å². The van der Waals surface area contributed by atoms with Crippen molar-refractivity contribution in [3.63, 3.8) is 0 Å². The average molecular weight is 180 g/mol. The van der Waals surface area contributed by atoms with E-state index in [1.54, 1.807) is 0 Å². The molecule has 0 aromatic heterocycles. The molecule has 1 fully saturated rings. The van der Waals surface area contributed by atoms with Gasteiger partial charge in [0.15, 0.2) is 0 Å². The van der Waals surface area contributed by atoms with Crippen molar-refractivity contribution in [2.24, 2.45) is 0 Å². The van der Waals surface area contributed by atoms with Crippen LogP contribution in [0.1, 0.15) is 40.5 Å². The zero-order valence-electron chi connectivity index (χ0n) is 9.24. The summed E-state index contributed by atoms with van der Waals surface area (Å²) in [6.45, 7) is 10.5. The van der Waals surface area contributed by atoms with E-state index in [4.69, 9.17) is 4.74 Å². The largest absolute Gasteiger partial charge is 0.377 e. The second-order valence-electron chi connectivity index (χ2n) is 4.11. The second-order valence-corrected chi connectivity index (χ2v) is 4.11. The lowest BCUT2D eigenvalue weighted by atomic mass is 9.95. The highest BCUT2D eigenvalue weighted by atomic mass is 16.5. The summed E-state index contributed by atoms with van der Waals surface area (Å²) in [5.74, 6) is 0. The molecular weight excluding hydrogens is 160 g/mol. The van der Waals surface area contributed by atoms with Gasteiger partial charge in [-0.3, -0.25) is 0 Å². The molecule has 0 radical (unpaired) electrons. The number of hydrogen-bond acceptors (Lipinski definition) is 1. The summed E-state index contributed by atoms with van der Waals surface area (Å²) in [6.07, 6.45) is 2.35. The Labute approximate surface area is 81.5 Å². The van der Waals surface area contributed by atoms with Gasteiger partial charge in [0.05, 0.1) is 6.61 Å². The molecule has 0 aromatic carbocycles. The Bertz CT molecular complexity index is 212. The number of rotatable bonds is 0. The van der Waals surface area contributed by atoms with Crippen molar-refractivity contribution in [2.75, 3.05) is 13.2 Å². The molecule has 0 aliphatic carbocycles. The molecule has 74 valence electrons. The SMILES string of the molecule is CC(C)=C1CCCOCC1=C(C)C. The van der Waals surface area contributed by atoms with E-state index < -0.39 is 0 Å². The monoisotopic (exact) mass is 180 g/mol. The number of ether oxygens (including phenoxy) is 1. The first-order valence-electron chi connectivity index (χ1n) is 5.03. The lowest BCUT2D eigenvalue weighted by Crippen LogP contribution is -1.99. The van der Waals surface area contributed by atoms with Crippen molar-refractivity contribution in [1.29, 1.82) is 0 Å². The summed E-state index contributed by atoms with van der Waals surface area (Å²) in [7, 11) is 0. The van der Waals surface area contributed by atoms with Crippen molar-refractivity contribution in [3.8, 4) is 0 Å². The Balaban J connectivity index is 3.01. The molecule has 1 aliphatic rings. The van der Waals surface area contributed by atoms with Crippen LogP contribution in [0.3, 0.4) is 0 Å². The highest BCUT2D eigenvalue weighted by molar-refractivity contribution is 5.37. The zero-order valence-corrected chi connectivity index (χ0v) is 9.24. The van der Waals surface area contributed by atoms with Crippen LogP contribution in [-0.2, 0) is 4.74 Å². The van der Waals surface area contributed by atoms with Gasteiger partial charge in [-0.2, -0.15) is 0 Å². The Morgan fingerprint density at radius 3 is 2.15 bits per heavy atom. The third kappa shape index (κ3) is 2.70. The van der Waals surface area contributed by atoms with Crippen LogP contribution in [0.15, 0.2) is 22.3 Å². The van der Waals surface area contributed by atoms with Gasteiger partial charge in [-0.15, -0.1) is 0 Å². The van der Waals surface area contributed by atoms with E-state index in [0.717, 1.165) is 19.6 Å². The molecule has 0 unspecified atom stereocenters. The maximum absolute atomic E-state index is 5.56. The standard InChI is InChI=1S/C12H20O/c1-9(2)11-6-5-7-13-8-12(11)10(3)4/h5-8H2,1-4H3. The van der Waals surface area contributed by atoms with E-state index >= 15 is 0 Å². The predicted octanol–water partition coefficient (Wildman–Crippen LogP) is 3.47. The van der Waals surface area contributed by atoms with Crippen LogP contribution >= 0.6 is 0 Å². The first-order valence-corrected chi connectivity index (χ1v) is 5.03. The topological polar surface area (TPSA) is 9.23 Å². The van der Waals surface area contributed by atoms with E-state index in [9.17, 15) is 0 Å². The molecule has 13 heavy (non-hydrogen) atoms. The fraction of sp³-hybridized carbons (Fsp3) is 0.667. The summed E-state index contributed by atoms with van der Waals surface area (Å²) in [4.78, 5) is 0. The van der Waals surface area contributed by atoms with Gasteiger partial charge in [-0.25, -0.2) is 0 Å². The van der Waals surface area contributed by atoms with Gasteiger partial charge in [-0.1, -0.05) is 11.1 Å². The van der Waals surface area contributed by atoms with Gasteiger partial charge in [0.1, 0.15) is 0 Å². The van der Waals surface area contributed by atoms with Crippen LogP contribution in [0.25, 0.3) is 0 Å². The minimum atomic E-state index is 0.808. The van der Waals surface area contributed by atoms with E-state index in [2.05, 4.69) is 27.7 Å². The van der Waals surface area contributed by atoms with Crippen LogP contribution in [-0.4, -0.2) is 13.2 Å². The lowest BCUT2D eigenvalue weighted by Gasteiger charge is -2.12. The highest BCUT2D eigenvalue weighted by Gasteiger charge is 2.12. The molecule has 1 heteroatoms. The molecule has 0 saturated carbocycles. The number of hydrogen-bond donors (Lipinski definition) is 0. The smallest absolute Gasteiger partial charge is 0.0718 e. The van der Waals surface area contributed by atoms with E-state index in [-0.39, 0.29) is 0 Å². The molecule has 0 aromatic rings. The zero-order chi connectivity index (χ0) is 9.84. The summed E-state index contributed by atoms with van der Waals surface area (Å²) in [5.41, 5.74) is 5.80. The molecule has 1 heterocycles. The molecule has 1 saturated heterocycles. The van der Waals surface area contributed by atoms with Crippen LogP contribution in [0.2, 0.25) is 0 Å². The highest BCUT2D eigenvalue weighted by Crippen LogP contribution is 2.26. The molecule has 1 rings (SSSR count). The molecule has 0 bridgehead atoms. The fourth-order valence-corrected chi connectivity index (χ4v) is 1.76. The van der Waals surface area contributed by atoms with Gasteiger partial charge < -0.3 is 4.74 Å². The maximum atomic E-state index is 5.56. The second kappa shape index (κ2) is 4.61. The van der Waals surface area contributed by atoms with Crippen LogP contribution in [0.5, 0.6) is 0 Å². The van der Waals surface area contributed by atoms with Crippen molar-refractivity contribution in [1.82, 2.24) is 0 Å². The van der Waals surface area contributed by atoms with Crippen LogP contribution in [0, 0.1) is 0 Å². The Morgan fingerprint density at radius 2 is 1.62 bits per heavy atom. The summed E-state index contributed by atoms with van der Waals surface area (Å²) >= 11 is 0. The van der Waals surface area contributed by atoms with E-state index in [1.165, 1.54) is 28.7 Å². The molecule has 0 spiro atoms. The molecule has 1 aliphatic heterocycles. The maximum Gasteiger partial charge on any atom is 0.0718 e. The Hall–Kier alpha value is -0.560. The first kappa shape index (κ1) is 10.5. The van der Waals surface area contributed by atoms with Gasteiger partial charge in [0.25, 0.3) is 0 Å². The van der Waals surface area contributed by atoms with Gasteiger partial charge in [0, 0.05) is 6.61 Å². The van der Waals surface area contributed by atoms with Gasteiger partial charge in [-0.05, 0) is 51.7 Å². The molecular formula is C12H20O. The average Bonchev–Trinajstić information content (AvgIpc) is 2.27. The molecule has 0 atom stereocenters. The summed E-state index contributed by atoms with van der Waals surface area (Å²) < 4.78 is 5.56. The molecule has 0 N–H and O–H groups in total. The van der Waals surface area contributed by atoms with Gasteiger partial charge in [0.2, 0.25) is 0 Å². The minimum absolute atomic E-state index is 0.808. The molecule has 0 amide bonds. The Kier molecular flexibility index (Phi) is 3.73. The van der Waals surface area contributed by atoms with Crippen molar-refractivity contribution >= 4 is 0 Å². The normalized spacial score (nSPS) is 18.5. The first-order chi connectivity index (χ1) is 6.13. The number of allylic oxidation sites excluding steroid dienone is 2. The molecule has 1 nitrogen and oxygen atoms in total. The van der Waals surface area contributed by atoms with Crippen LogP contribution < -0.4 is 0 Å². The third-order valence-electron chi connectivity index (χ3n) is 2.53. The predicted molar refractivity (Wildman–Crippen MR) is 56.8 cm³/mol. The lowest BCUT2D eigenvalue weighted by molar-refractivity contribution is 0.162. The van der Waals surface area contributed by atoms with Gasteiger partial charge >= 0.3 is 0 Å². The van der Waals surface area contributed by atoms with Crippen molar-refractivity contribution < 1.29 is 4.74 Å². The Morgan fingerprint density at radius 1 is 1.00 bits per heavy atom. The quantitative estimate of drug-likeness (QED) is 0.554. The fourth-order valence-electron chi connectivity index (χ4n) is 1.76. The summed E-state index contributed by atoms with van der Waals surface area (Å²) in [5, 5.41) is 0. The van der Waals surface area contributed by atoms with E-state index in [1.807, 2.05) is 0 Å². The van der Waals surface area contributed by atoms with Crippen molar-refractivity contribution in [2.45, 2.75) is 40.5 Å².